The molecule has 0 bridgehead atoms. The average Bonchev–Trinajstić information content (AvgIpc) is 2.76. The molecule has 0 aromatic heterocycles. The van der Waals surface area contributed by atoms with Crippen LogP contribution in [0.1, 0.15) is 12.0 Å². The minimum Gasteiger partial charge on any atom is -0.389 e. The van der Waals surface area contributed by atoms with Crippen molar-refractivity contribution in [3.63, 3.8) is 0 Å². The highest BCUT2D eigenvalue weighted by molar-refractivity contribution is 9.10. The van der Waals surface area contributed by atoms with Gasteiger partial charge in [0.2, 0.25) is 0 Å². The number of benzene rings is 1. The molecule has 0 amide bonds. The molecule has 1 heterocycles. The first-order valence-electron chi connectivity index (χ1n) is 5.49. The number of ether oxygens (including phenoxy) is 1. The number of hydrogen-bond donors (Lipinski definition) is 1. The van der Waals surface area contributed by atoms with Crippen LogP contribution in [0.2, 0.25) is 0 Å². The van der Waals surface area contributed by atoms with Gasteiger partial charge in [-0.25, -0.2) is 0 Å². The second kappa shape index (κ2) is 5.33. The molecule has 2 N–H and O–H groups in total. The maximum absolute atomic E-state index is 5.63. The van der Waals surface area contributed by atoms with Crippen molar-refractivity contribution in [2.24, 2.45) is 5.73 Å². The molecule has 17 heavy (non-hydrogen) atoms. The Morgan fingerprint density at radius 3 is 2.88 bits per heavy atom. The minimum absolute atomic E-state index is 0.337. The van der Waals surface area contributed by atoms with Crippen molar-refractivity contribution >= 4 is 38.8 Å². The molecule has 1 aromatic carbocycles. The van der Waals surface area contributed by atoms with Gasteiger partial charge in [0.25, 0.3) is 0 Å². The molecule has 3 nitrogen and oxygen atoms in total. The summed E-state index contributed by atoms with van der Waals surface area (Å²) in [7, 11) is 1.76. The molecule has 1 aromatic rings. The van der Waals surface area contributed by atoms with Crippen molar-refractivity contribution in [1.29, 1.82) is 0 Å². The second-order valence-electron chi connectivity index (χ2n) is 4.12. The molecule has 1 aliphatic heterocycles. The number of nitrogens with two attached hydrogens (primary N) is 1. The minimum atomic E-state index is 0.337. The number of nitrogens with zero attached hydrogens (tertiary/aromatic N) is 1. The van der Waals surface area contributed by atoms with E-state index in [9.17, 15) is 0 Å². The number of halogens is 1. The topological polar surface area (TPSA) is 38.5 Å². The van der Waals surface area contributed by atoms with Crippen LogP contribution in [0.15, 0.2) is 22.7 Å². The molecular formula is C12H15BrN2OS. The van der Waals surface area contributed by atoms with Gasteiger partial charge in [-0.15, -0.1) is 0 Å². The van der Waals surface area contributed by atoms with Gasteiger partial charge in [-0.2, -0.15) is 0 Å². The zero-order valence-electron chi connectivity index (χ0n) is 9.65. The summed E-state index contributed by atoms with van der Waals surface area (Å²) in [6.45, 7) is 1.97. The lowest BCUT2D eigenvalue weighted by molar-refractivity contribution is 0.121. The second-order valence-corrected chi connectivity index (χ2v) is 5.41. The normalized spacial score (nSPS) is 19.6. The van der Waals surface area contributed by atoms with Crippen LogP contribution in [0.3, 0.4) is 0 Å². The van der Waals surface area contributed by atoms with Crippen molar-refractivity contribution in [2.45, 2.75) is 12.5 Å². The molecule has 2 rings (SSSR count). The van der Waals surface area contributed by atoms with Crippen molar-refractivity contribution in [2.75, 3.05) is 25.1 Å². The summed E-state index contributed by atoms with van der Waals surface area (Å²) >= 11 is 8.48. The van der Waals surface area contributed by atoms with Gasteiger partial charge in [0.05, 0.1) is 6.10 Å². The van der Waals surface area contributed by atoms with Crippen LogP contribution in [0.4, 0.5) is 5.69 Å². The molecule has 1 unspecified atom stereocenters. The van der Waals surface area contributed by atoms with Crippen molar-refractivity contribution in [1.82, 2.24) is 0 Å². The van der Waals surface area contributed by atoms with E-state index in [1.807, 2.05) is 6.07 Å². The fraction of sp³-hybridized carbons (Fsp3) is 0.417. The summed E-state index contributed by atoms with van der Waals surface area (Å²) < 4.78 is 6.31. The Hall–Kier alpha value is -0.650. The van der Waals surface area contributed by atoms with E-state index in [1.165, 1.54) is 5.69 Å². The first kappa shape index (κ1) is 12.8. The van der Waals surface area contributed by atoms with E-state index in [-0.39, 0.29) is 0 Å². The Labute approximate surface area is 115 Å². The summed E-state index contributed by atoms with van der Waals surface area (Å²) in [5.74, 6) is 0. The summed E-state index contributed by atoms with van der Waals surface area (Å²) in [5, 5.41) is 0. The summed E-state index contributed by atoms with van der Waals surface area (Å²) in [6.07, 6.45) is 1.41. The highest BCUT2D eigenvalue weighted by Crippen LogP contribution is 2.27. The Morgan fingerprint density at radius 2 is 2.35 bits per heavy atom. The highest BCUT2D eigenvalue weighted by atomic mass is 79.9. The largest absolute Gasteiger partial charge is 0.389 e. The van der Waals surface area contributed by atoms with Crippen molar-refractivity contribution < 1.29 is 4.74 Å². The van der Waals surface area contributed by atoms with Crippen LogP contribution < -0.4 is 10.6 Å². The molecule has 0 spiro atoms. The van der Waals surface area contributed by atoms with Crippen LogP contribution in [-0.4, -0.2) is 31.3 Å². The van der Waals surface area contributed by atoms with E-state index < -0.39 is 0 Å². The van der Waals surface area contributed by atoms with Crippen LogP contribution in [-0.2, 0) is 4.74 Å². The fourth-order valence-corrected chi connectivity index (χ4v) is 2.95. The number of anilines is 1. The van der Waals surface area contributed by atoms with Gasteiger partial charge in [0.15, 0.2) is 0 Å². The third kappa shape index (κ3) is 2.78. The molecule has 92 valence electrons. The number of methoxy groups -OCH3 is 1. The van der Waals surface area contributed by atoms with Crippen molar-refractivity contribution in [3.8, 4) is 0 Å². The maximum Gasteiger partial charge on any atom is 0.105 e. The van der Waals surface area contributed by atoms with Gasteiger partial charge in [-0.05, 0) is 40.5 Å². The number of rotatable bonds is 3. The number of thiocarbonyl (C=S) groups is 1. The first-order valence-corrected chi connectivity index (χ1v) is 6.69. The smallest absolute Gasteiger partial charge is 0.105 e. The quantitative estimate of drug-likeness (QED) is 0.869. The van der Waals surface area contributed by atoms with Gasteiger partial charge in [0.1, 0.15) is 4.99 Å². The van der Waals surface area contributed by atoms with E-state index in [0.29, 0.717) is 11.1 Å². The molecule has 1 atom stereocenters. The molecule has 1 aliphatic rings. The molecule has 5 heteroatoms. The first-order chi connectivity index (χ1) is 8.11. The number of hydrogen-bond acceptors (Lipinski definition) is 3. The fourth-order valence-electron chi connectivity index (χ4n) is 2.06. The Morgan fingerprint density at radius 1 is 1.59 bits per heavy atom. The van der Waals surface area contributed by atoms with Crippen LogP contribution in [0.5, 0.6) is 0 Å². The zero-order valence-corrected chi connectivity index (χ0v) is 12.1. The summed E-state index contributed by atoms with van der Waals surface area (Å²) in [6, 6.07) is 6.08. The van der Waals surface area contributed by atoms with Gasteiger partial charge in [-0.1, -0.05) is 12.2 Å². The van der Waals surface area contributed by atoms with Crippen molar-refractivity contribution in [3.05, 3.63) is 28.2 Å². The van der Waals surface area contributed by atoms with E-state index >= 15 is 0 Å². The Bertz CT molecular complexity index is 439. The van der Waals surface area contributed by atoms with E-state index in [0.717, 1.165) is 29.5 Å². The lowest BCUT2D eigenvalue weighted by Crippen LogP contribution is -2.22. The standard InChI is InChI=1S/C12H15BrN2OS/c1-16-9-4-5-15(7-9)8-2-3-10(12(14)17)11(13)6-8/h2-3,6,9H,4-5,7H2,1H3,(H2,14,17). The third-order valence-corrected chi connectivity index (χ3v) is 3.94. The lowest BCUT2D eigenvalue weighted by atomic mass is 10.2. The SMILES string of the molecule is COC1CCN(c2ccc(C(N)=S)c(Br)c2)C1. The predicted molar refractivity (Wildman–Crippen MR) is 77.7 cm³/mol. The van der Waals surface area contributed by atoms with Gasteiger partial charge < -0.3 is 15.4 Å². The Kier molecular flexibility index (Phi) is 4.01. The average molecular weight is 315 g/mol. The predicted octanol–water partition coefficient (Wildman–Crippen LogP) is 2.31. The lowest BCUT2D eigenvalue weighted by Gasteiger charge is -2.19. The van der Waals surface area contributed by atoms with Gasteiger partial charge >= 0.3 is 0 Å². The molecule has 0 saturated carbocycles. The van der Waals surface area contributed by atoms with E-state index in [1.54, 1.807) is 7.11 Å². The molecular weight excluding hydrogens is 300 g/mol. The van der Waals surface area contributed by atoms with Crippen LogP contribution >= 0.6 is 28.1 Å². The Balaban J connectivity index is 2.18. The molecule has 1 fully saturated rings. The maximum atomic E-state index is 5.63. The van der Waals surface area contributed by atoms with Crippen LogP contribution in [0, 0.1) is 0 Å². The van der Waals surface area contributed by atoms with E-state index in [4.69, 9.17) is 22.7 Å². The monoisotopic (exact) mass is 314 g/mol. The third-order valence-electron chi connectivity index (χ3n) is 3.06. The van der Waals surface area contributed by atoms with E-state index in [2.05, 4.69) is 33.0 Å². The zero-order chi connectivity index (χ0) is 12.4. The molecule has 0 radical (unpaired) electrons. The highest BCUT2D eigenvalue weighted by Gasteiger charge is 2.22. The van der Waals surface area contributed by atoms with Crippen LogP contribution in [0.25, 0.3) is 0 Å². The summed E-state index contributed by atoms with van der Waals surface area (Å²) in [5.41, 5.74) is 7.69. The summed E-state index contributed by atoms with van der Waals surface area (Å²) in [4.78, 5) is 2.72. The van der Waals surface area contributed by atoms with Gasteiger partial charge in [-0.3, -0.25) is 0 Å². The molecule has 1 saturated heterocycles. The van der Waals surface area contributed by atoms with Gasteiger partial charge in [0, 0.05) is 35.9 Å². The molecule has 0 aliphatic carbocycles.